The molecule has 0 aliphatic rings. The fourth-order valence-electron chi connectivity index (χ4n) is 2.99. The Bertz CT molecular complexity index is 870. The SMILES string of the molecule is C=C(C)C(=C\C)/C=C(\C(=C)CCC)c1ccc(/C(=C/C=C\C)C(=C)C)cc1Cl. The van der Waals surface area contributed by atoms with Gasteiger partial charge in [-0.2, -0.15) is 0 Å². The number of hydrogen-bond donors (Lipinski definition) is 0. The second kappa shape index (κ2) is 11.5. The molecule has 0 radical (unpaired) electrons. The average Bonchev–Trinajstić information content (AvgIpc) is 2.63. The molecule has 0 fully saturated rings. The number of halogens is 1. The summed E-state index contributed by atoms with van der Waals surface area (Å²) in [6, 6.07) is 6.21. The van der Waals surface area contributed by atoms with Crippen molar-refractivity contribution in [1.82, 2.24) is 0 Å². The Balaban J connectivity index is 3.56. The molecular weight excluding hydrogens is 360 g/mol. The molecule has 0 spiro atoms. The first-order valence-electron chi connectivity index (χ1n) is 9.77. The summed E-state index contributed by atoms with van der Waals surface area (Å²) in [6.07, 6.45) is 12.3. The Morgan fingerprint density at radius 3 is 2.18 bits per heavy atom. The van der Waals surface area contributed by atoms with E-state index in [9.17, 15) is 0 Å². The fourth-order valence-corrected chi connectivity index (χ4v) is 3.28. The summed E-state index contributed by atoms with van der Waals surface area (Å²) in [5.74, 6) is 0. The summed E-state index contributed by atoms with van der Waals surface area (Å²) in [5.41, 5.74) is 8.43. The lowest BCUT2D eigenvalue weighted by molar-refractivity contribution is 0.933. The van der Waals surface area contributed by atoms with Gasteiger partial charge in [-0.05, 0) is 74.1 Å². The van der Waals surface area contributed by atoms with E-state index in [1.165, 1.54) is 0 Å². The maximum Gasteiger partial charge on any atom is 0.0490 e. The van der Waals surface area contributed by atoms with Gasteiger partial charge in [-0.25, -0.2) is 0 Å². The lowest BCUT2D eigenvalue weighted by atomic mass is 9.90. The van der Waals surface area contributed by atoms with Crippen LogP contribution in [0.5, 0.6) is 0 Å². The van der Waals surface area contributed by atoms with Crippen molar-refractivity contribution in [2.75, 3.05) is 0 Å². The van der Waals surface area contributed by atoms with Crippen molar-refractivity contribution in [3.63, 3.8) is 0 Å². The molecule has 0 aliphatic carbocycles. The third kappa shape index (κ3) is 6.39. The van der Waals surface area contributed by atoms with Crippen molar-refractivity contribution >= 4 is 22.7 Å². The van der Waals surface area contributed by atoms with E-state index >= 15 is 0 Å². The molecule has 1 rings (SSSR count). The molecule has 0 aliphatic heterocycles. The molecule has 0 heterocycles. The van der Waals surface area contributed by atoms with Crippen LogP contribution in [-0.2, 0) is 0 Å². The zero-order valence-corrected chi connectivity index (χ0v) is 18.8. The van der Waals surface area contributed by atoms with Gasteiger partial charge in [0.1, 0.15) is 0 Å². The summed E-state index contributed by atoms with van der Waals surface area (Å²) >= 11 is 6.76. The zero-order valence-electron chi connectivity index (χ0n) is 18.0. The molecule has 0 amide bonds. The van der Waals surface area contributed by atoms with Crippen molar-refractivity contribution in [3.8, 4) is 0 Å². The van der Waals surface area contributed by atoms with Crippen LogP contribution in [0.25, 0.3) is 11.1 Å². The molecule has 0 bridgehead atoms. The van der Waals surface area contributed by atoms with Gasteiger partial charge in [0, 0.05) is 10.6 Å². The molecule has 0 nitrogen and oxygen atoms in total. The molecule has 0 atom stereocenters. The Labute approximate surface area is 177 Å². The predicted octanol–water partition coefficient (Wildman–Crippen LogP) is 9.14. The first-order valence-corrected chi connectivity index (χ1v) is 10.2. The van der Waals surface area contributed by atoms with Crippen LogP contribution in [0.3, 0.4) is 0 Å². The highest BCUT2D eigenvalue weighted by Gasteiger charge is 2.13. The third-order valence-corrected chi connectivity index (χ3v) is 4.83. The maximum atomic E-state index is 6.76. The molecule has 0 aromatic heterocycles. The number of allylic oxidation sites excluding steroid dienone is 11. The predicted molar refractivity (Wildman–Crippen MR) is 130 cm³/mol. The number of hydrogen-bond acceptors (Lipinski definition) is 0. The zero-order chi connectivity index (χ0) is 21.3. The maximum absolute atomic E-state index is 6.76. The van der Waals surface area contributed by atoms with Crippen molar-refractivity contribution in [3.05, 3.63) is 107 Å². The van der Waals surface area contributed by atoms with E-state index in [2.05, 4.69) is 57.0 Å². The second-order valence-electron chi connectivity index (χ2n) is 7.02. The van der Waals surface area contributed by atoms with Gasteiger partial charge in [0.05, 0.1) is 0 Å². The lowest BCUT2D eigenvalue weighted by Gasteiger charge is -2.16. The molecule has 0 N–H and O–H groups in total. The van der Waals surface area contributed by atoms with E-state index < -0.39 is 0 Å². The third-order valence-electron chi connectivity index (χ3n) is 4.52. The highest BCUT2D eigenvalue weighted by Crippen LogP contribution is 2.35. The smallest absolute Gasteiger partial charge is 0.0490 e. The van der Waals surface area contributed by atoms with E-state index in [-0.39, 0.29) is 0 Å². The summed E-state index contributed by atoms with van der Waals surface area (Å²) < 4.78 is 0. The van der Waals surface area contributed by atoms with Gasteiger partial charge in [0.2, 0.25) is 0 Å². The van der Waals surface area contributed by atoms with Gasteiger partial charge in [0.25, 0.3) is 0 Å². The average molecular weight is 393 g/mol. The van der Waals surface area contributed by atoms with Crippen LogP contribution in [0.15, 0.2) is 90.6 Å². The topological polar surface area (TPSA) is 0 Å². The van der Waals surface area contributed by atoms with Gasteiger partial charge in [0.15, 0.2) is 0 Å². The molecule has 1 heteroatoms. The fraction of sp³-hybridized carbons (Fsp3) is 0.259. The van der Waals surface area contributed by atoms with Crippen LogP contribution in [-0.4, -0.2) is 0 Å². The summed E-state index contributed by atoms with van der Waals surface area (Å²) in [6.45, 7) is 22.7. The Morgan fingerprint density at radius 2 is 1.71 bits per heavy atom. The van der Waals surface area contributed by atoms with Crippen molar-refractivity contribution in [2.45, 2.75) is 47.5 Å². The van der Waals surface area contributed by atoms with Crippen LogP contribution in [0.2, 0.25) is 5.02 Å². The Morgan fingerprint density at radius 1 is 1.04 bits per heavy atom. The highest BCUT2D eigenvalue weighted by atomic mass is 35.5. The monoisotopic (exact) mass is 392 g/mol. The normalized spacial score (nSPS) is 13.1. The van der Waals surface area contributed by atoms with Gasteiger partial charge in [-0.15, -0.1) is 0 Å². The van der Waals surface area contributed by atoms with E-state index in [1.54, 1.807) is 0 Å². The van der Waals surface area contributed by atoms with Crippen LogP contribution < -0.4 is 0 Å². The van der Waals surface area contributed by atoms with Gasteiger partial charge >= 0.3 is 0 Å². The van der Waals surface area contributed by atoms with Crippen LogP contribution in [0.1, 0.15) is 58.6 Å². The molecule has 0 saturated carbocycles. The van der Waals surface area contributed by atoms with Crippen LogP contribution >= 0.6 is 11.6 Å². The standard InChI is InChI=1S/C27H33Cl/c1-9-12-14-24(20(6)7)23-15-16-25(27(28)18-23)26(21(8)13-10-2)17-22(11-3)19(4)5/h9,11-12,14-18H,4,6,8,10,13H2,1-3,5,7H3/b12-9-,22-11-,24-14+,26-17+. The van der Waals surface area contributed by atoms with Crippen molar-refractivity contribution in [1.29, 1.82) is 0 Å². The van der Waals surface area contributed by atoms with Crippen molar-refractivity contribution in [2.24, 2.45) is 0 Å². The van der Waals surface area contributed by atoms with E-state index in [4.69, 9.17) is 11.6 Å². The minimum atomic E-state index is 0.714. The molecule has 0 unspecified atom stereocenters. The van der Waals surface area contributed by atoms with E-state index in [0.717, 1.165) is 57.4 Å². The van der Waals surface area contributed by atoms with Gasteiger partial charge in [-0.1, -0.05) is 92.3 Å². The molecule has 148 valence electrons. The number of benzene rings is 1. The molecular formula is C27H33Cl. The first kappa shape index (κ1) is 23.7. The highest BCUT2D eigenvalue weighted by molar-refractivity contribution is 6.32. The Kier molecular flexibility index (Phi) is 9.76. The largest absolute Gasteiger partial charge is 0.0955 e. The summed E-state index contributed by atoms with van der Waals surface area (Å²) in [4.78, 5) is 0. The van der Waals surface area contributed by atoms with E-state index in [0.29, 0.717) is 5.02 Å². The molecule has 0 saturated heterocycles. The lowest BCUT2D eigenvalue weighted by Crippen LogP contribution is -1.95. The minimum Gasteiger partial charge on any atom is -0.0955 e. The number of rotatable bonds is 9. The Hall–Kier alpha value is -2.31. The quantitative estimate of drug-likeness (QED) is 0.367. The first-order chi connectivity index (χ1) is 13.3. The summed E-state index contributed by atoms with van der Waals surface area (Å²) in [7, 11) is 0. The second-order valence-corrected chi connectivity index (χ2v) is 7.42. The molecule has 1 aromatic carbocycles. The molecule has 28 heavy (non-hydrogen) atoms. The van der Waals surface area contributed by atoms with Crippen molar-refractivity contribution < 1.29 is 0 Å². The molecule has 1 aromatic rings. The van der Waals surface area contributed by atoms with Gasteiger partial charge < -0.3 is 0 Å². The minimum absolute atomic E-state index is 0.714. The van der Waals surface area contributed by atoms with Crippen LogP contribution in [0, 0.1) is 0 Å². The van der Waals surface area contributed by atoms with Crippen LogP contribution in [0.4, 0.5) is 0 Å². The van der Waals surface area contributed by atoms with Gasteiger partial charge in [-0.3, -0.25) is 0 Å². The van der Waals surface area contributed by atoms with E-state index in [1.807, 2.05) is 45.9 Å². The summed E-state index contributed by atoms with van der Waals surface area (Å²) in [5, 5.41) is 0.714.